The Kier molecular flexibility index (Phi) is 5.46. The Balaban J connectivity index is 1.53. The van der Waals surface area contributed by atoms with Crippen LogP contribution in [0.5, 0.6) is 0 Å². The minimum atomic E-state index is -0.658. The zero-order valence-electron chi connectivity index (χ0n) is 16.9. The Bertz CT molecular complexity index is 908. The van der Waals surface area contributed by atoms with Gasteiger partial charge in [-0.05, 0) is 36.5 Å². The van der Waals surface area contributed by atoms with Gasteiger partial charge in [0.25, 0.3) is 0 Å². The molecule has 2 aliphatic carbocycles. The zero-order valence-corrected chi connectivity index (χ0v) is 20.1. The summed E-state index contributed by atoms with van der Waals surface area (Å²) < 4.78 is 5.15. The summed E-state index contributed by atoms with van der Waals surface area (Å²) in [6, 6.07) is 6.29. The fourth-order valence-corrected chi connectivity index (χ4v) is 6.68. The number of alkyl halides is 2. The van der Waals surface area contributed by atoms with E-state index in [1.165, 1.54) is 11.0 Å². The largest absolute Gasteiger partial charge is 0.454 e. The fourth-order valence-electron chi connectivity index (χ4n) is 4.81. The van der Waals surface area contributed by atoms with E-state index in [4.69, 9.17) is 4.74 Å². The Hall–Kier alpha value is -1.54. The van der Waals surface area contributed by atoms with Gasteiger partial charge in [-0.2, -0.15) is 0 Å². The minimum Gasteiger partial charge on any atom is -0.454 e. The lowest BCUT2D eigenvalue weighted by atomic mass is 9.81. The van der Waals surface area contributed by atoms with Crippen molar-refractivity contribution in [3.05, 3.63) is 29.8 Å². The maximum atomic E-state index is 13.2. The van der Waals surface area contributed by atoms with Crippen molar-refractivity contribution in [2.24, 2.45) is 29.1 Å². The van der Waals surface area contributed by atoms with Gasteiger partial charge in [0, 0.05) is 15.1 Å². The molecule has 0 radical (unpaired) electrons. The second-order valence-electron chi connectivity index (χ2n) is 9.32. The van der Waals surface area contributed by atoms with E-state index in [2.05, 4.69) is 31.9 Å². The molecule has 1 saturated heterocycles. The normalized spacial score (nSPS) is 32.5. The van der Waals surface area contributed by atoms with Gasteiger partial charge < -0.3 is 4.74 Å². The summed E-state index contributed by atoms with van der Waals surface area (Å²) in [6.45, 7) is 4.95. The van der Waals surface area contributed by atoms with Crippen LogP contribution in [0.15, 0.2) is 24.3 Å². The first-order valence-corrected chi connectivity index (χ1v) is 11.8. The molecule has 2 saturated carbocycles. The zero-order chi connectivity index (χ0) is 22.0. The molecule has 30 heavy (non-hydrogen) atoms. The first kappa shape index (κ1) is 21.7. The number of Topliss-reactive ketones (excluding diaryl/α,β-unsaturated/α-hetero) is 1. The number of benzene rings is 1. The van der Waals surface area contributed by atoms with Gasteiger partial charge >= 0.3 is 5.97 Å². The molecule has 3 aliphatic rings. The number of hydrogen-bond donors (Lipinski definition) is 0. The van der Waals surface area contributed by atoms with E-state index in [1.807, 2.05) is 0 Å². The number of hydrogen-bond acceptors (Lipinski definition) is 5. The van der Waals surface area contributed by atoms with Gasteiger partial charge in [-0.25, -0.2) is 4.79 Å². The van der Waals surface area contributed by atoms with Crippen molar-refractivity contribution in [3.63, 3.8) is 0 Å². The van der Waals surface area contributed by atoms with Crippen LogP contribution in [0.3, 0.4) is 0 Å². The van der Waals surface area contributed by atoms with Crippen molar-refractivity contribution in [3.8, 4) is 0 Å². The van der Waals surface area contributed by atoms with E-state index < -0.39 is 11.4 Å². The SMILES string of the molecule is CC(C)(C)C(=O)COC(=O)c1cccc(N2C(=O)[C@@H]3[C@H]4C[C@@H]([C@@H](Br)[C@@H]4Br)[C@@H]3C2=O)c1. The van der Waals surface area contributed by atoms with E-state index in [9.17, 15) is 19.2 Å². The van der Waals surface area contributed by atoms with Crippen LogP contribution in [-0.2, 0) is 19.1 Å². The predicted octanol–water partition coefficient (Wildman–Crippen LogP) is 3.74. The lowest BCUT2D eigenvalue weighted by Crippen LogP contribution is -2.37. The van der Waals surface area contributed by atoms with Crippen molar-refractivity contribution in [2.45, 2.75) is 36.8 Å². The summed E-state index contributed by atoms with van der Waals surface area (Å²) in [7, 11) is 0. The monoisotopic (exact) mass is 539 g/mol. The molecule has 1 heterocycles. The molecule has 1 aliphatic heterocycles. The average Bonchev–Trinajstić information content (AvgIpc) is 3.30. The molecule has 1 aromatic carbocycles. The molecule has 0 spiro atoms. The van der Waals surface area contributed by atoms with Crippen LogP contribution in [0.2, 0.25) is 0 Å². The first-order valence-electron chi connectivity index (χ1n) is 9.99. The number of ether oxygens (including phenoxy) is 1. The smallest absolute Gasteiger partial charge is 0.338 e. The number of fused-ring (bicyclic) bond motifs is 5. The van der Waals surface area contributed by atoms with E-state index in [-0.39, 0.29) is 63.1 Å². The summed E-state index contributed by atoms with van der Waals surface area (Å²) in [6.07, 6.45) is 0.862. The molecule has 4 rings (SSSR count). The minimum absolute atomic E-state index is 0.127. The Morgan fingerprint density at radius 3 is 2.17 bits per heavy atom. The van der Waals surface area contributed by atoms with Crippen LogP contribution < -0.4 is 4.90 Å². The lowest BCUT2D eigenvalue weighted by Gasteiger charge is -2.28. The van der Waals surface area contributed by atoms with Gasteiger partial charge in [0.2, 0.25) is 11.8 Å². The van der Waals surface area contributed by atoms with E-state index in [0.717, 1.165) is 6.42 Å². The van der Waals surface area contributed by atoms with Gasteiger partial charge in [-0.1, -0.05) is 58.7 Å². The third-order valence-electron chi connectivity index (χ3n) is 6.50. The number of anilines is 1. The van der Waals surface area contributed by atoms with Crippen LogP contribution >= 0.6 is 31.9 Å². The molecular formula is C22H23Br2NO5. The Labute approximate surface area is 192 Å². The number of amides is 2. The lowest BCUT2D eigenvalue weighted by molar-refractivity contribution is -0.129. The molecule has 2 amide bonds. The van der Waals surface area contributed by atoms with Gasteiger partial charge in [0.1, 0.15) is 0 Å². The van der Waals surface area contributed by atoms with Crippen LogP contribution in [0.4, 0.5) is 5.69 Å². The van der Waals surface area contributed by atoms with Crippen molar-refractivity contribution in [2.75, 3.05) is 11.5 Å². The fraction of sp³-hybridized carbons (Fsp3) is 0.545. The van der Waals surface area contributed by atoms with Crippen LogP contribution in [0, 0.1) is 29.1 Å². The van der Waals surface area contributed by atoms with Gasteiger partial charge in [-0.3, -0.25) is 19.3 Å². The topological polar surface area (TPSA) is 80.8 Å². The number of ketones is 1. The summed E-state index contributed by atoms with van der Waals surface area (Å²) in [5.74, 6) is -1.63. The van der Waals surface area contributed by atoms with Crippen molar-refractivity contribution < 1.29 is 23.9 Å². The number of nitrogens with zero attached hydrogens (tertiary/aromatic N) is 1. The summed E-state index contributed by atoms with van der Waals surface area (Å²) in [4.78, 5) is 52.3. The summed E-state index contributed by atoms with van der Waals surface area (Å²) >= 11 is 7.35. The van der Waals surface area contributed by atoms with Crippen molar-refractivity contribution in [1.29, 1.82) is 0 Å². The number of imide groups is 1. The quantitative estimate of drug-likeness (QED) is 0.330. The van der Waals surface area contributed by atoms with Crippen molar-refractivity contribution in [1.82, 2.24) is 0 Å². The molecule has 3 fully saturated rings. The molecule has 6 nitrogen and oxygen atoms in total. The van der Waals surface area contributed by atoms with Crippen molar-refractivity contribution >= 4 is 61.1 Å². The van der Waals surface area contributed by atoms with Gasteiger partial charge in [-0.15, -0.1) is 0 Å². The second kappa shape index (κ2) is 7.55. The third-order valence-corrected chi connectivity index (χ3v) is 9.70. The van der Waals surface area contributed by atoms with E-state index in [1.54, 1.807) is 39.0 Å². The molecule has 1 aromatic rings. The summed E-state index contributed by atoms with van der Waals surface area (Å²) in [5.41, 5.74) is -0.0342. The maximum absolute atomic E-state index is 13.2. The first-order chi connectivity index (χ1) is 14.0. The molecular weight excluding hydrogens is 518 g/mol. The van der Waals surface area contributed by atoms with Crippen LogP contribution in [-0.4, -0.2) is 39.8 Å². The highest BCUT2D eigenvalue weighted by atomic mass is 79.9. The molecule has 0 unspecified atom stereocenters. The average molecular weight is 541 g/mol. The maximum Gasteiger partial charge on any atom is 0.338 e. The standard InChI is InChI=1S/C22H23Br2NO5/c1-22(2,3)14(26)9-30-21(29)10-5-4-6-11(7-10)25-19(27)15-12-8-13(16(15)20(25)28)18(24)17(12)23/h4-7,12-13,15-18H,8-9H2,1-3H3/t12-,13-,15-,16+,17-,18-/m1/s1. The molecule has 0 N–H and O–H groups in total. The second-order valence-corrected chi connectivity index (χ2v) is 11.4. The Morgan fingerprint density at radius 2 is 1.63 bits per heavy atom. The Morgan fingerprint density at radius 1 is 1.07 bits per heavy atom. The molecule has 160 valence electrons. The van der Waals surface area contributed by atoms with E-state index >= 15 is 0 Å². The highest BCUT2D eigenvalue weighted by Gasteiger charge is 2.66. The number of carbonyl (C=O) groups is 4. The molecule has 0 aromatic heterocycles. The highest BCUT2D eigenvalue weighted by molar-refractivity contribution is 9.12. The third kappa shape index (κ3) is 3.36. The predicted molar refractivity (Wildman–Crippen MR) is 118 cm³/mol. The highest BCUT2D eigenvalue weighted by Crippen LogP contribution is 2.60. The number of carbonyl (C=O) groups excluding carboxylic acids is 4. The number of halogens is 2. The van der Waals surface area contributed by atoms with Crippen LogP contribution in [0.1, 0.15) is 37.6 Å². The number of esters is 1. The molecule has 8 heteroatoms. The van der Waals surface area contributed by atoms with Crippen LogP contribution in [0.25, 0.3) is 0 Å². The van der Waals surface area contributed by atoms with E-state index in [0.29, 0.717) is 5.69 Å². The molecule has 2 bridgehead atoms. The van der Waals surface area contributed by atoms with Gasteiger partial charge in [0.15, 0.2) is 12.4 Å². The molecule has 6 atom stereocenters. The number of rotatable bonds is 4. The summed E-state index contributed by atoms with van der Waals surface area (Å²) in [5, 5.41) is 0. The van der Waals surface area contributed by atoms with Gasteiger partial charge in [0.05, 0.1) is 23.1 Å².